The number of nitrogens with zero attached hydrogens (tertiary/aromatic N) is 2. The highest BCUT2D eigenvalue weighted by Crippen LogP contribution is 2.30. The van der Waals surface area contributed by atoms with Crippen LogP contribution < -0.4 is 16.6 Å². The van der Waals surface area contributed by atoms with Crippen LogP contribution in [0.1, 0.15) is 31.9 Å². The lowest BCUT2D eigenvalue weighted by atomic mass is 10.00. The van der Waals surface area contributed by atoms with Gasteiger partial charge in [-0.2, -0.15) is 0 Å². The minimum atomic E-state index is -0.924. The van der Waals surface area contributed by atoms with Crippen molar-refractivity contribution in [3.8, 4) is 16.8 Å². The lowest BCUT2D eigenvalue weighted by Crippen LogP contribution is -2.31. The normalized spacial score (nSPS) is 15.3. The van der Waals surface area contributed by atoms with Crippen molar-refractivity contribution in [2.45, 2.75) is 32.6 Å². The van der Waals surface area contributed by atoms with Gasteiger partial charge in [-0.1, -0.05) is 23.7 Å². The summed E-state index contributed by atoms with van der Waals surface area (Å²) in [5, 5.41) is 13.8. The molecule has 0 amide bonds. The second-order valence-corrected chi connectivity index (χ2v) is 9.42. The first-order chi connectivity index (χ1) is 16.7. The SMILES string of the molecule is CCOC1C=Cc2cc(-c3ccc(N)c(C=NCC(C)(C)O)c3)c(=O)n(-c3ccc(Cl)cc3)c2N1. The van der Waals surface area contributed by atoms with Crippen molar-refractivity contribution in [2.75, 3.05) is 24.2 Å². The highest BCUT2D eigenvalue weighted by Gasteiger charge is 2.21. The van der Waals surface area contributed by atoms with Crippen LogP contribution in [0.2, 0.25) is 5.02 Å². The van der Waals surface area contributed by atoms with Crippen molar-refractivity contribution < 1.29 is 9.84 Å². The van der Waals surface area contributed by atoms with E-state index >= 15 is 0 Å². The summed E-state index contributed by atoms with van der Waals surface area (Å²) in [4.78, 5) is 18.2. The van der Waals surface area contributed by atoms with Gasteiger partial charge in [-0.25, -0.2) is 0 Å². The summed E-state index contributed by atoms with van der Waals surface area (Å²) in [5.74, 6) is 0.643. The van der Waals surface area contributed by atoms with Crippen molar-refractivity contribution in [1.82, 2.24) is 4.57 Å². The van der Waals surface area contributed by atoms with Gasteiger partial charge in [-0.15, -0.1) is 0 Å². The molecule has 0 saturated heterocycles. The third-order valence-corrected chi connectivity index (χ3v) is 5.75. The Morgan fingerprint density at radius 2 is 1.97 bits per heavy atom. The maximum absolute atomic E-state index is 13.9. The number of nitrogen functional groups attached to an aromatic ring is 1. The summed E-state index contributed by atoms with van der Waals surface area (Å²) in [6.07, 6.45) is 5.15. The standard InChI is InChI=1S/C27H29ClN4O3/c1-4-35-24-12-6-18-14-22(17-5-11-23(29)19(13-17)15-30-16-27(2,3)34)26(33)32(25(18)31-24)21-9-7-20(28)8-10-21/h5-15,24,31,34H,4,16,29H2,1-3H3. The average Bonchev–Trinajstić information content (AvgIpc) is 2.80. The van der Waals surface area contributed by atoms with E-state index in [2.05, 4.69) is 10.3 Å². The molecule has 8 heteroatoms. The maximum atomic E-state index is 13.9. The van der Waals surface area contributed by atoms with Crippen molar-refractivity contribution in [1.29, 1.82) is 0 Å². The topological polar surface area (TPSA) is 102 Å². The number of anilines is 2. The quantitative estimate of drug-likeness (QED) is 0.327. The molecule has 182 valence electrons. The molecule has 2 aromatic carbocycles. The zero-order valence-corrected chi connectivity index (χ0v) is 20.7. The third-order valence-electron chi connectivity index (χ3n) is 5.50. The van der Waals surface area contributed by atoms with Gasteiger partial charge < -0.3 is 20.9 Å². The fourth-order valence-corrected chi connectivity index (χ4v) is 3.95. The van der Waals surface area contributed by atoms with Gasteiger partial charge in [0.2, 0.25) is 0 Å². The second-order valence-electron chi connectivity index (χ2n) is 8.98. The Hall–Kier alpha value is -3.39. The monoisotopic (exact) mass is 492 g/mol. The second kappa shape index (κ2) is 10.1. The highest BCUT2D eigenvalue weighted by molar-refractivity contribution is 6.30. The minimum Gasteiger partial charge on any atom is -0.398 e. The van der Waals surface area contributed by atoms with Gasteiger partial charge in [0.1, 0.15) is 12.0 Å². The molecule has 0 radical (unpaired) electrons. The molecule has 4 rings (SSSR count). The molecule has 0 aliphatic carbocycles. The Kier molecular flexibility index (Phi) is 7.12. The van der Waals surface area contributed by atoms with E-state index in [0.717, 1.165) is 5.56 Å². The zero-order valence-electron chi connectivity index (χ0n) is 20.0. The molecule has 3 aromatic rings. The van der Waals surface area contributed by atoms with Crippen molar-refractivity contribution >= 4 is 35.4 Å². The molecule has 35 heavy (non-hydrogen) atoms. The molecule has 1 aliphatic heterocycles. The number of hydrogen-bond donors (Lipinski definition) is 3. The van der Waals surface area contributed by atoms with Gasteiger partial charge in [-0.3, -0.25) is 14.4 Å². The van der Waals surface area contributed by atoms with E-state index in [4.69, 9.17) is 22.1 Å². The zero-order chi connectivity index (χ0) is 25.2. The van der Waals surface area contributed by atoms with Crippen LogP contribution in [0.15, 0.2) is 64.4 Å². The van der Waals surface area contributed by atoms with Gasteiger partial charge in [0.05, 0.1) is 17.8 Å². The number of nitrogens with two attached hydrogens (primary N) is 1. The molecule has 1 unspecified atom stereocenters. The molecule has 0 bridgehead atoms. The Balaban J connectivity index is 1.86. The maximum Gasteiger partial charge on any atom is 0.264 e. The van der Waals surface area contributed by atoms with E-state index in [1.165, 1.54) is 0 Å². The number of aromatic nitrogens is 1. The van der Waals surface area contributed by atoms with Gasteiger partial charge in [0, 0.05) is 40.2 Å². The number of ether oxygens (including phenoxy) is 1. The molecule has 0 saturated carbocycles. The Labute approximate surface area is 209 Å². The van der Waals surface area contributed by atoms with Crippen LogP contribution in [-0.2, 0) is 4.74 Å². The van der Waals surface area contributed by atoms with Crippen molar-refractivity contribution in [3.05, 3.63) is 81.1 Å². The molecule has 7 nitrogen and oxygen atoms in total. The summed E-state index contributed by atoms with van der Waals surface area (Å²) in [5.41, 5.74) is 8.99. The lowest BCUT2D eigenvalue weighted by molar-refractivity contribution is 0.0906. The molecular formula is C27H29ClN4O3. The van der Waals surface area contributed by atoms with Gasteiger partial charge in [0.15, 0.2) is 0 Å². The van der Waals surface area contributed by atoms with Crippen molar-refractivity contribution in [3.63, 3.8) is 0 Å². The summed E-state index contributed by atoms with van der Waals surface area (Å²) in [6, 6.07) is 14.4. The van der Waals surface area contributed by atoms with E-state index in [9.17, 15) is 9.90 Å². The number of rotatable bonds is 7. The summed E-state index contributed by atoms with van der Waals surface area (Å²) < 4.78 is 7.35. The molecule has 2 heterocycles. The van der Waals surface area contributed by atoms with E-state index in [-0.39, 0.29) is 18.3 Å². The fourth-order valence-electron chi connectivity index (χ4n) is 3.83. The molecular weight excluding hydrogens is 464 g/mol. The lowest BCUT2D eigenvalue weighted by Gasteiger charge is -2.26. The number of halogens is 1. The predicted octanol–water partition coefficient (Wildman–Crippen LogP) is 4.73. The van der Waals surface area contributed by atoms with Gasteiger partial charge in [0.25, 0.3) is 5.56 Å². The summed E-state index contributed by atoms with van der Waals surface area (Å²) >= 11 is 6.10. The number of aliphatic hydroxyl groups is 1. The minimum absolute atomic E-state index is 0.201. The molecule has 0 fully saturated rings. The van der Waals surface area contributed by atoms with Crippen LogP contribution in [0.5, 0.6) is 0 Å². The first-order valence-electron chi connectivity index (χ1n) is 11.4. The molecule has 4 N–H and O–H groups in total. The highest BCUT2D eigenvalue weighted by atomic mass is 35.5. The van der Waals surface area contributed by atoms with Crippen LogP contribution in [-0.4, -0.2) is 40.9 Å². The third kappa shape index (κ3) is 5.65. The summed E-state index contributed by atoms with van der Waals surface area (Å²) in [6.45, 7) is 6.06. The number of pyridine rings is 1. The Morgan fingerprint density at radius 3 is 2.66 bits per heavy atom. The first-order valence-corrected chi connectivity index (χ1v) is 11.8. The van der Waals surface area contributed by atoms with Crippen LogP contribution in [0.25, 0.3) is 22.9 Å². The Morgan fingerprint density at radius 1 is 1.23 bits per heavy atom. The number of fused-ring (bicyclic) bond motifs is 1. The average molecular weight is 493 g/mol. The molecule has 1 aliphatic rings. The van der Waals surface area contributed by atoms with Crippen LogP contribution in [0.4, 0.5) is 11.5 Å². The van der Waals surface area contributed by atoms with E-state index in [0.29, 0.717) is 45.5 Å². The fraction of sp³-hybridized carbons (Fsp3) is 0.259. The molecule has 1 atom stereocenters. The number of nitrogens with one attached hydrogen (secondary N) is 1. The molecule has 1 aromatic heterocycles. The van der Waals surface area contributed by atoms with E-state index in [1.54, 1.807) is 55.0 Å². The van der Waals surface area contributed by atoms with E-state index < -0.39 is 5.60 Å². The molecule has 0 spiro atoms. The first kappa shape index (κ1) is 24.7. The van der Waals surface area contributed by atoms with Crippen LogP contribution in [0.3, 0.4) is 0 Å². The summed E-state index contributed by atoms with van der Waals surface area (Å²) in [7, 11) is 0. The smallest absolute Gasteiger partial charge is 0.264 e. The van der Waals surface area contributed by atoms with Gasteiger partial charge in [-0.05, 0) is 74.9 Å². The predicted molar refractivity (Wildman–Crippen MR) is 144 cm³/mol. The van der Waals surface area contributed by atoms with Gasteiger partial charge >= 0.3 is 0 Å². The Bertz CT molecular complexity index is 1340. The number of aliphatic imine (C=N–C) groups is 1. The number of hydrogen-bond acceptors (Lipinski definition) is 6. The largest absolute Gasteiger partial charge is 0.398 e. The van der Waals surface area contributed by atoms with Crippen molar-refractivity contribution in [2.24, 2.45) is 4.99 Å². The van der Waals surface area contributed by atoms with Crippen LogP contribution in [0, 0.1) is 0 Å². The number of benzene rings is 2. The van der Waals surface area contributed by atoms with Crippen LogP contribution >= 0.6 is 11.6 Å². The van der Waals surface area contributed by atoms with E-state index in [1.807, 2.05) is 37.3 Å².